The fourth-order valence-corrected chi connectivity index (χ4v) is 2.11. The molecule has 1 heterocycles. The van der Waals surface area contributed by atoms with E-state index in [9.17, 15) is 4.79 Å². The Kier molecular flexibility index (Phi) is 5.33. The average molecular weight is 320 g/mol. The molecule has 1 atom stereocenters. The van der Waals surface area contributed by atoms with Crippen molar-refractivity contribution in [1.82, 2.24) is 15.5 Å². The Labute approximate surface area is 134 Å². The minimum atomic E-state index is -0.174. The smallest absolute Gasteiger partial charge is 0.252 e. The SMILES string of the molecule is CCC(C)NC(=O)c1ccc(-c2ccc(OC)nn2)cc1Cl. The number of carbonyl (C=O) groups is 1. The number of nitrogens with one attached hydrogen (secondary N) is 1. The minimum Gasteiger partial charge on any atom is -0.480 e. The fraction of sp³-hybridized carbons (Fsp3) is 0.312. The molecule has 116 valence electrons. The van der Waals surface area contributed by atoms with Gasteiger partial charge in [0.1, 0.15) is 0 Å². The van der Waals surface area contributed by atoms with Crippen molar-refractivity contribution in [3.63, 3.8) is 0 Å². The predicted molar refractivity (Wildman–Crippen MR) is 86.2 cm³/mol. The van der Waals surface area contributed by atoms with Crippen LogP contribution in [0.25, 0.3) is 11.3 Å². The molecule has 0 radical (unpaired) electrons. The molecule has 0 bridgehead atoms. The van der Waals surface area contributed by atoms with Crippen molar-refractivity contribution >= 4 is 17.5 Å². The van der Waals surface area contributed by atoms with Crippen LogP contribution in [0.4, 0.5) is 0 Å². The molecule has 1 aromatic carbocycles. The summed E-state index contributed by atoms with van der Waals surface area (Å²) in [5.41, 5.74) is 1.91. The fourth-order valence-electron chi connectivity index (χ4n) is 1.85. The highest BCUT2D eigenvalue weighted by Crippen LogP contribution is 2.25. The zero-order valence-electron chi connectivity index (χ0n) is 12.8. The van der Waals surface area contributed by atoms with Crippen molar-refractivity contribution in [2.75, 3.05) is 7.11 Å². The molecule has 1 N–H and O–H groups in total. The number of hydrogen-bond donors (Lipinski definition) is 1. The van der Waals surface area contributed by atoms with Crippen LogP contribution in [0.15, 0.2) is 30.3 Å². The zero-order valence-corrected chi connectivity index (χ0v) is 13.5. The lowest BCUT2D eigenvalue weighted by Gasteiger charge is -2.12. The van der Waals surface area contributed by atoms with E-state index >= 15 is 0 Å². The topological polar surface area (TPSA) is 64.1 Å². The molecule has 0 fully saturated rings. The van der Waals surface area contributed by atoms with Crippen LogP contribution in [0, 0.1) is 0 Å². The molecule has 0 aliphatic heterocycles. The maximum absolute atomic E-state index is 12.1. The number of halogens is 1. The Hall–Kier alpha value is -2.14. The van der Waals surface area contributed by atoms with E-state index in [1.807, 2.05) is 13.8 Å². The normalized spacial score (nSPS) is 11.8. The summed E-state index contributed by atoms with van der Waals surface area (Å²) in [5.74, 6) is 0.270. The van der Waals surface area contributed by atoms with Gasteiger partial charge in [0.05, 0.1) is 23.4 Å². The maximum Gasteiger partial charge on any atom is 0.252 e. The van der Waals surface area contributed by atoms with Gasteiger partial charge in [0.2, 0.25) is 5.88 Å². The van der Waals surface area contributed by atoms with E-state index in [4.69, 9.17) is 16.3 Å². The molecule has 6 heteroatoms. The minimum absolute atomic E-state index is 0.107. The van der Waals surface area contributed by atoms with Crippen LogP contribution in [-0.4, -0.2) is 29.3 Å². The van der Waals surface area contributed by atoms with Gasteiger partial charge in [-0.3, -0.25) is 4.79 Å². The van der Waals surface area contributed by atoms with E-state index in [2.05, 4.69) is 15.5 Å². The molecule has 0 aliphatic rings. The van der Waals surface area contributed by atoms with E-state index in [1.165, 1.54) is 7.11 Å². The van der Waals surface area contributed by atoms with Gasteiger partial charge in [-0.15, -0.1) is 10.2 Å². The highest BCUT2D eigenvalue weighted by Gasteiger charge is 2.13. The Morgan fingerprint density at radius 1 is 1.32 bits per heavy atom. The van der Waals surface area contributed by atoms with Crippen LogP contribution in [0.2, 0.25) is 5.02 Å². The Bertz CT molecular complexity index is 659. The van der Waals surface area contributed by atoms with Crippen LogP contribution in [0.3, 0.4) is 0 Å². The lowest BCUT2D eigenvalue weighted by molar-refractivity contribution is 0.0939. The molecule has 0 spiro atoms. The number of carbonyl (C=O) groups excluding carboxylic acids is 1. The summed E-state index contributed by atoms with van der Waals surface area (Å²) >= 11 is 6.23. The van der Waals surface area contributed by atoms with Crippen molar-refractivity contribution < 1.29 is 9.53 Å². The van der Waals surface area contributed by atoms with E-state index < -0.39 is 0 Å². The summed E-state index contributed by atoms with van der Waals surface area (Å²) < 4.78 is 4.97. The standard InChI is InChI=1S/C16H18ClN3O2/c1-4-10(2)18-16(21)12-6-5-11(9-13(12)17)14-7-8-15(22-3)20-19-14/h5-10H,4H2,1-3H3,(H,18,21). The second-order valence-corrected chi connectivity index (χ2v) is 5.35. The van der Waals surface area contributed by atoms with Crippen molar-refractivity contribution in [3.8, 4) is 17.1 Å². The van der Waals surface area contributed by atoms with Crippen molar-refractivity contribution in [1.29, 1.82) is 0 Å². The van der Waals surface area contributed by atoms with Crippen LogP contribution < -0.4 is 10.1 Å². The van der Waals surface area contributed by atoms with Gasteiger partial charge >= 0.3 is 0 Å². The quantitative estimate of drug-likeness (QED) is 0.918. The van der Waals surface area contributed by atoms with Crippen molar-refractivity contribution in [3.05, 3.63) is 40.9 Å². The van der Waals surface area contributed by atoms with Gasteiger partial charge in [-0.1, -0.05) is 24.6 Å². The molecule has 0 aliphatic carbocycles. The largest absolute Gasteiger partial charge is 0.480 e. The van der Waals surface area contributed by atoms with E-state index in [-0.39, 0.29) is 11.9 Å². The highest BCUT2D eigenvalue weighted by molar-refractivity contribution is 6.34. The monoisotopic (exact) mass is 319 g/mol. The van der Waals surface area contributed by atoms with Gasteiger partial charge < -0.3 is 10.1 Å². The first-order valence-corrected chi connectivity index (χ1v) is 7.41. The molecule has 22 heavy (non-hydrogen) atoms. The summed E-state index contributed by atoms with van der Waals surface area (Å²) in [6.45, 7) is 3.96. The van der Waals surface area contributed by atoms with Crippen LogP contribution >= 0.6 is 11.6 Å². The zero-order chi connectivity index (χ0) is 16.1. The van der Waals surface area contributed by atoms with E-state index in [0.29, 0.717) is 22.2 Å². The Balaban J connectivity index is 2.23. The number of methoxy groups -OCH3 is 1. The summed E-state index contributed by atoms with van der Waals surface area (Å²) in [4.78, 5) is 12.1. The third kappa shape index (κ3) is 3.74. The number of amides is 1. The molecule has 0 saturated heterocycles. The number of hydrogen-bond acceptors (Lipinski definition) is 4. The number of benzene rings is 1. The molecule has 0 saturated carbocycles. The molecular weight excluding hydrogens is 302 g/mol. The lowest BCUT2D eigenvalue weighted by Crippen LogP contribution is -2.32. The van der Waals surface area contributed by atoms with Crippen molar-refractivity contribution in [2.45, 2.75) is 26.3 Å². The van der Waals surface area contributed by atoms with Crippen LogP contribution in [0.5, 0.6) is 5.88 Å². The second-order valence-electron chi connectivity index (χ2n) is 4.94. The number of nitrogens with zero attached hydrogens (tertiary/aromatic N) is 2. The molecule has 1 aromatic heterocycles. The van der Waals surface area contributed by atoms with Crippen LogP contribution in [-0.2, 0) is 0 Å². The second kappa shape index (κ2) is 7.22. The molecule has 1 unspecified atom stereocenters. The third-order valence-corrected chi connectivity index (χ3v) is 3.66. The first-order chi connectivity index (χ1) is 10.5. The number of ether oxygens (including phenoxy) is 1. The summed E-state index contributed by atoms with van der Waals surface area (Å²) in [5, 5.41) is 11.3. The first kappa shape index (κ1) is 16.2. The Morgan fingerprint density at radius 3 is 2.64 bits per heavy atom. The predicted octanol–water partition coefficient (Wildman–Crippen LogP) is 3.33. The molecule has 2 rings (SSSR count). The van der Waals surface area contributed by atoms with Gasteiger partial charge in [-0.05, 0) is 31.5 Å². The van der Waals surface area contributed by atoms with E-state index in [1.54, 1.807) is 30.3 Å². The van der Waals surface area contributed by atoms with Gasteiger partial charge in [-0.25, -0.2) is 0 Å². The summed E-state index contributed by atoms with van der Waals surface area (Å²) in [6, 6.07) is 8.82. The summed E-state index contributed by atoms with van der Waals surface area (Å²) in [7, 11) is 1.53. The van der Waals surface area contributed by atoms with Gasteiger partial charge in [0.25, 0.3) is 5.91 Å². The molecule has 1 amide bonds. The third-order valence-electron chi connectivity index (χ3n) is 3.35. The molecular formula is C16H18ClN3O2. The molecule has 5 nitrogen and oxygen atoms in total. The van der Waals surface area contributed by atoms with Crippen LogP contribution in [0.1, 0.15) is 30.6 Å². The van der Waals surface area contributed by atoms with Crippen molar-refractivity contribution in [2.24, 2.45) is 0 Å². The lowest BCUT2D eigenvalue weighted by atomic mass is 10.1. The van der Waals surface area contributed by atoms with Gasteiger partial charge in [0.15, 0.2) is 0 Å². The van der Waals surface area contributed by atoms with Gasteiger partial charge in [0, 0.05) is 17.7 Å². The van der Waals surface area contributed by atoms with Gasteiger partial charge in [-0.2, -0.15) is 0 Å². The molecule has 2 aromatic rings. The highest BCUT2D eigenvalue weighted by atomic mass is 35.5. The maximum atomic E-state index is 12.1. The number of aromatic nitrogens is 2. The first-order valence-electron chi connectivity index (χ1n) is 7.03. The number of rotatable bonds is 5. The Morgan fingerprint density at radius 2 is 2.09 bits per heavy atom. The average Bonchev–Trinajstić information content (AvgIpc) is 2.54. The van der Waals surface area contributed by atoms with E-state index in [0.717, 1.165) is 12.0 Å². The summed E-state index contributed by atoms with van der Waals surface area (Å²) in [6.07, 6.45) is 0.864.